The molecule has 5 aliphatic carbocycles. The van der Waals surface area contributed by atoms with Crippen molar-refractivity contribution in [1.82, 2.24) is 16.0 Å². The van der Waals surface area contributed by atoms with Gasteiger partial charge in [-0.25, -0.2) is 4.79 Å². The van der Waals surface area contributed by atoms with Gasteiger partial charge in [-0.3, -0.25) is 9.59 Å². The molecule has 10 heteroatoms. The second-order valence-electron chi connectivity index (χ2n) is 10.7. The van der Waals surface area contributed by atoms with Gasteiger partial charge in [0.25, 0.3) is 0 Å². The topological polar surface area (TPSA) is 124 Å². The monoisotopic (exact) mass is 465 g/mol. The molecule has 0 aromatic heterocycles. The van der Waals surface area contributed by atoms with E-state index in [1.165, 1.54) is 6.92 Å². The van der Waals surface area contributed by atoms with Crippen LogP contribution in [0.5, 0.6) is 0 Å². The number of carbonyl (C=O) groups is 3. The highest BCUT2D eigenvalue weighted by Gasteiger charge is 2.70. The van der Waals surface area contributed by atoms with Crippen molar-refractivity contribution in [2.24, 2.45) is 17.8 Å². The number of rotatable bonds is 5. The van der Waals surface area contributed by atoms with E-state index in [0.717, 1.165) is 44.9 Å². The standard InChI is InChI=1S/C23H35N3O7/c1-14(27)25-7-5-19(28)26-21-10-15-8-16(11-21)23(17(9-15)12-21)31-22(32-33-23)6-3-4-18(13-22)30-20(29)24-2/h15-18H,3-13H2,1-2H3,(H,24,29)(H,25,27)(H,26,28)/t15?,16?,17?,18?,21?,22-,23?/m1/s1. The third kappa shape index (κ3) is 4.21. The van der Waals surface area contributed by atoms with Gasteiger partial charge in [0, 0.05) is 57.2 Å². The van der Waals surface area contributed by atoms with Crippen LogP contribution in [0, 0.1) is 17.8 Å². The molecule has 3 amide bonds. The first-order chi connectivity index (χ1) is 15.8. The number of alkyl carbamates (subject to hydrolysis) is 1. The first-order valence-corrected chi connectivity index (χ1v) is 12.3. The van der Waals surface area contributed by atoms with Crippen molar-refractivity contribution < 1.29 is 33.6 Å². The van der Waals surface area contributed by atoms with Gasteiger partial charge in [0.1, 0.15) is 6.10 Å². The maximum atomic E-state index is 12.6. The third-order valence-electron chi connectivity index (χ3n) is 8.23. The minimum atomic E-state index is -0.888. The third-order valence-corrected chi connectivity index (χ3v) is 8.23. The van der Waals surface area contributed by atoms with Crippen molar-refractivity contribution in [3.8, 4) is 0 Å². The fourth-order valence-corrected chi connectivity index (χ4v) is 7.19. The molecule has 1 aliphatic heterocycles. The van der Waals surface area contributed by atoms with E-state index < -0.39 is 17.7 Å². The molecule has 4 bridgehead atoms. The highest BCUT2D eigenvalue weighted by molar-refractivity contribution is 5.78. The summed E-state index contributed by atoms with van der Waals surface area (Å²) < 4.78 is 12.2. The van der Waals surface area contributed by atoms with Gasteiger partial charge in [-0.15, -0.1) is 0 Å². The lowest BCUT2D eigenvalue weighted by Gasteiger charge is -2.62. The van der Waals surface area contributed by atoms with Gasteiger partial charge in [0.2, 0.25) is 23.4 Å². The first kappa shape index (κ1) is 22.9. The molecular formula is C23H35N3O7. The Kier molecular flexibility index (Phi) is 5.81. The van der Waals surface area contributed by atoms with E-state index in [4.69, 9.17) is 19.2 Å². The molecule has 184 valence electrons. The molecule has 6 aliphatic rings. The Bertz CT molecular complexity index is 804. The zero-order valence-electron chi connectivity index (χ0n) is 19.4. The summed E-state index contributed by atoms with van der Waals surface area (Å²) in [6.07, 6.45) is 6.88. The van der Waals surface area contributed by atoms with Crippen molar-refractivity contribution in [1.29, 1.82) is 0 Å². The average Bonchev–Trinajstić information content (AvgIpc) is 3.10. The van der Waals surface area contributed by atoms with Crippen LogP contribution < -0.4 is 16.0 Å². The van der Waals surface area contributed by atoms with Crippen molar-refractivity contribution in [3.63, 3.8) is 0 Å². The van der Waals surface area contributed by atoms with Crippen LogP contribution in [0.15, 0.2) is 0 Å². The Morgan fingerprint density at radius 2 is 1.82 bits per heavy atom. The second-order valence-corrected chi connectivity index (χ2v) is 10.7. The van der Waals surface area contributed by atoms with Crippen LogP contribution in [0.4, 0.5) is 4.79 Å². The van der Waals surface area contributed by atoms with E-state index in [1.54, 1.807) is 7.05 Å². The van der Waals surface area contributed by atoms with Gasteiger partial charge in [-0.2, -0.15) is 9.78 Å². The van der Waals surface area contributed by atoms with E-state index >= 15 is 0 Å². The van der Waals surface area contributed by atoms with Crippen molar-refractivity contribution in [3.05, 3.63) is 0 Å². The van der Waals surface area contributed by atoms with Crippen molar-refractivity contribution in [2.45, 2.75) is 94.3 Å². The molecule has 1 saturated heterocycles. The van der Waals surface area contributed by atoms with Crippen molar-refractivity contribution in [2.75, 3.05) is 13.6 Å². The predicted octanol–water partition coefficient (Wildman–Crippen LogP) is 1.88. The lowest BCUT2D eigenvalue weighted by Crippen LogP contribution is -2.69. The molecule has 0 aromatic rings. The smallest absolute Gasteiger partial charge is 0.407 e. The minimum Gasteiger partial charge on any atom is -0.446 e. The molecule has 0 radical (unpaired) electrons. The lowest BCUT2D eigenvalue weighted by molar-refractivity contribution is -0.392. The number of hydrogen-bond acceptors (Lipinski definition) is 7. The van der Waals surface area contributed by atoms with Crippen LogP contribution in [0.2, 0.25) is 0 Å². The van der Waals surface area contributed by atoms with E-state index in [9.17, 15) is 14.4 Å². The van der Waals surface area contributed by atoms with Crippen LogP contribution in [0.25, 0.3) is 0 Å². The van der Waals surface area contributed by atoms with E-state index in [1.807, 2.05) is 0 Å². The van der Waals surface area contributed by atoms with Crippen LogP contribution in [0.1, 0.15) is 71.1 Å². The molecule has 1 heterocycles. The molecule has 4 atom stereocenters. The van der Waals surface area contributed by atoms with Gasteiger partial charge < -0.3 is 25.4 Å². The number of carbonyl (C=O) groups excluding carboxylic acids is 3. The summed E-state index contributed by atoms with van der Waals surface area (Å²) >= 11 is 0. The van der Waals surface area contributed by atoms with Crippen LogP contribution in [-0.2, 0) is 28.8 Å². The molecule has 10 nitrogen and oxygen atoms in total. The normalized spacial score (nSPS) is 43.0. The number of nitrogens with one attached hydrogen (secondary N) is 3. The summed E-state index contributed by atoms with van der Waals surface area (Å²) in [6, 6.07) is 0. The number of ether oxygens (including phenoxy) is 2. The molecule has 6 rings (SSSR count). The maximum absolute atomic E-state index is 12.6. The lowest BCUT2D eigenvalue weighted by atomic mass is 9.50. The highest BCUT2D eigenvalue weighted by atomic mass is 17.3. The van der Waals surface area contributed by atoms with Gasteiger partial charge in [0.15, 0.2) is 0 Å². The molecular weight excluding hydrogens is 430 g/mol. The Morgan fingerprint density at radius 3 is 2.52 bits per heavy atom. The Hall–Kier alpha value is -1.91. The summed E-state index contributed by atoms with van der Waals surface area (Å²) in [5, 5.41) is 8.49. The van der Waals surface area contributed by atoms with Gasteiger partial charge in [-0.1, -0.05) is 0 Å². The summed E-state index contributed by atoms with van der Waals surface area (Å²) in [7, 11) is 1.55. The Labute approximate surface area is 193 Å². The SMILES string of the molecule is CNC(=O)OC1CCC[C@]2(C1)OOC1(O2)C2CC3CC1CC(NC(=O)CCNC(C)=O)(C3)C2. The molecule has 5 saturated carbocycles. The van der Waals surface area contributed by atoms with Crippen LogP contribution >= 0.6 is 0 Å². The average molecular weight is 466 g/mol. The van der Waals surface area contributed by atoms with Gasteiger partial charge >= 0.3 is 6.09 Å². The van der Waals surface area contributed by atoms with Crippen molar-refractivity contribution >= 4 is 17.9 Å². The Balaban J connectivity index is 1.25. The van der Waals surface area contributed by atoms with Gasteiger partial charge in [0.05, 0.1) is 0 Å². The van der Waals surface area contributed by atoms with E-state index in [-0.39, 0.29) is 41.7 Å². The maximum Gasteiger partial charge on any atom is 0.407 e. The minimum absolute atomic E-state index is 0.0257. The van der Waals surface area contributed by atoms with Crippen LogP contribution in [0.3, 0.4) is 0 Å². The fourth-order valence-electron chi connectivity index (χ4n) is 7.19. The molecule has 2 spiro atoms. The zero-order chi connectivity index (χ0) is 23.3. The fraction of sp³-hybridized carbons (Fsp3) is 0.870. The molecule has 33 heavy (non-hydrogen) atoms. The number of hydrogen-bond donors (Lipinski definition) is 3. The summed E-state index contributed by atoms with van der Waals surface area (Å²) in [6.45, 7) is 1.80. The number of amides is 3. The second kappa shape index (κ2) is 8.39. The molecule has 3 N–H and O–H groups in total. The van der Waals surface area contributed by atoms with Crippen LogP contribution in [-0.4, -0.2) is 54.7 Å². The molecule has 0 aromatic carbocycles. The zero-order valence-corrected chi connectivity index (χ0v) is 19.4. The molecule has 6 fully saturated rings. The van der Waals surface area contributed by atoms with Gasteiger partial charge in [-0.05, 0) is 50.9 Å². The molecule has 3 unspecified atom stereocenters. The summed E-state index contributed by atoms with van der Waals surface area (Å²) in [5.41, 5.74) is -0.241. The summed E-state index contributed by atoms with van der Waals surface area (Å²) in [5.74, 6) is -1.03. The first-order valence-electron chi connectivity index (χ1n) is 12.3. The van der Waals surface area contributed by atoms with E-state index in [2.05, 4.69) is 16.0 Å². The van der Waals surface area contributed by atoms with E-state index in [0.29, 0.717) is 25.3 Å². The predicted molar refractivity (Wildman–Crippen MR) is 114 cm³/mol. The Morgan fingerprint density at radius 1 is 1.06 bits per heavy atom. The quantitative estimate of drug-likeness (QED) is 0.530. The largest absolute Gasteiger partial charge is 0.446 e. The highest BCUT2D eigenvalue weighted by Crippen LogP contribution is 2.65. The summed E-state index contributed by atoms with van der Waals surface area (Å²) in [4.78, 5) is 47.4.